The van der Waals surface area contributed by atoms with E-state index in [1.54, 1.807) is 17.1 Å². The predicted molar refractivity (Wildman–Crippen MR) is 107 cm³/mol. The van der Waals surface area contributed by atoms with Gasteiger partial charge in [0.15, 0.2) is 23.5 Å². The van der Waals surface area contributed by atoms with Gasteiger partial charge in [0.2, 0.25) is 0 Å². The molecule has 10 heteroatoms. The second-order valence-corrected chi connectivity index (χ2v) is 7.65. The Morgan fingerprint density at radius 3 is 2.80 bits per heavy atom. The highest BCUT2D eigenvalue weighted by Gasteiger charge is 2.55. The van der Waals surface area contributed by atoms with Crippen LogP contribution in [0.3, 0.4) is 0 Å². The molecule has 2 saturated heterocycles. The number of aromatic nitrogens is 4. The van der Waals surface area contributed by atoms with E-state index in [9.17, 15) is 0 Å². The number of nitrogens with zero attached hydrogens (tertiary/aromatic N) is 5. The van der Waals surface area contributed by atoms with Crippen LogP contribution < -0.4 is 5.73 Å². The van der Waals surface area contributed by atoms with Crippen LogP contribution in [-0.2, 0) is 25.7 Å². The molecule has 10 nitrogen and oxygen atoms in total. The number of hydrogen-bond acceptors (Lipinski definition) is 9. The van der Waals surface area contributed by atoms with Crippen molar-refractivity contribution in [1.29, 1.82) is 0 Å². The van der Waals surface area contributed by atoms with Crippen LogP contribution in [0.25, 0.3) is 11.2 Å². The molecular formula is C20H22N6O4. The van der Waals surface area contributed by atoms with Gasteiger partial charge in [0.25, 0.3) is 0 Å². The zero-order valence-corrected chi connectivity index (χ0v) is 16.6. The Balaban J connectivity index is 1.37. The smallest absolute Gasteiger partial charge is 0.167 e. The van der Waals surface area contributed by atoms with Gasteiger partial charge in [-0.3, -0.25) is 4.57 Å². The molecule has 4 heterocycles. The molecule has 0 amide bonds. The van der Waals surface area contributed by atoms with Gasteiger partial charge in [0.05, 0.1) is 12.5 Å². The molecule has 2 aliphatic heterocycles. The van der Waals surface area contributed by atoms with Gasteiger partial charge in [-0.2, -0.15) is 0 Å². The average molecular weight is 410 g/mol. The molecule has 1 aromatic carbocycles. The Kier molecular flexibility index (Phi) is 4.61. The Morgan fingerprint density at radius 1 is 1.17 bits per heavy atom. The highest BCUT2D eigenvalue weighted by atomic mass is 16.8. The summed E-state index contributed by atoms with van der Waals surface area (Å²) in [5.41, 5.74) is 8.02. The average Bonchev–Trinajstić information content (AvgIpc) is 3.38. The second-order valence-electron chi connectivity index (χ2n) is 7.65. The number of oxime groups is 1. The number of anilines is 1. The summed E-state index contributed by atoms with van der Waals surface area (Å²) in [7, 11) is 0. The molecule has 2 N–H and O–H groups in total. The molecule has 3 aromatic rings. The fourth-order valence-electron chi connectivity index (χ4n) is 3.80. The highest BCUT2D eigenvalue weighted by molar-refractivity contribution is 5.81. The normalized spacial score (nSPS) is 27.7. The van der Waals surface area contributed by atoms with Gasteiger partial charge in [-0.05, 0) is 19.4 Å². The van der Waals surface area contributed by atoms with Crippen LogP contribution >= 0.6 is 0 Å². The molecule has 0 spiro atoms. The summed E-state index contributed by atoms with van der Waals surface area (Å²) in [4.78, 5) is 18.0. The SMILES string of the molecule is CC1(C)O[C@@H]2[C@H](O1)[C@@H](/C=N/OCc1ccccc1)O[C@H]2n1cnc2c(N)ncnc21. The van der Waals surface area contributed by atoms with E-state index in [-0.39, 0.29) is 12.2 Å². The monoisotopic (exact) mass is 410 g/mol. The van der Waals surface area contributed by atoms with Crippen molar-refractivity contribution in [3.63, 3.8) is 0 Å². The third kappa shape index (κ3) is 3.38. The van der Waals surface area contributed by atoms with E-state index in [1.807, 2.05) is 44.2 Å². The van der Waals surface area contributed by atoms with E-state index in [0.29, 0.717) is 23.6 Å². The van der Waals surface area contributed by atoms with Gasteiger partial charge in [0, 0.05) is 0 Å². The van der Waals surface area contributed by atoms with Crippen molar-refractivity contribution in [1.82, 2.24) is 19.5 Å². The van der Waals surface area contributed by atoms with Crippen molar-refractivity contribution in [3.05, 3.63) is 48.5 Å². The van der Waals surface area contributed by atoms with Gasteiger partial charge >= 0.3 is 0 Å². The van der Waals surface area contributed by atoms with Crippen LogP contribution in [0.1, 0.15) is 25.6 Å². The van der Waals surface area contributed by atoms with Crippen LogP contribution in [-0.4, -0.2) is 49.8 Å². The molecule has 2 fully saturated rings. The Labute approximate surface area is 172 Å². The van der Waals surface area contributed by atoms with Gasteiger partial charge < -0.3 is 24.8 Å². The summed E-state index contributed by atoms with van der Waals surface area (Å²) in [5, 5.41) is 4.09. The minimum atomic E-state index is -0.751. The van der Waals surface area contributed by atoms with E-state index in [2.05, 4.69) is 20.1 Å². The first-order valence-electron chi connectivity index (χ1n) is 9.65. The predicted octanol–water partition coefficient (Wildman–Crippen LogP) is 2.03. The maximum atomic E-state index is 6.21. The largest absolute Gasteiger partial charge is 0.391 e. The van der Waals surface area contributed by atoms with Gasteiger partial charge in [-0.25, -0.2) is 15.0 Å². The van der Waals surface area contributed by atoms with Crippen LogP contribution in [0.4, 0.5) is 5.82 Å². The molecule has 0 bridgehead atoms. The zero-order valence-electron chi connectivity index (χ0n) is 16.6. The molecule has 2 aliphatic rings. The summed E-state index contributed by atoms with van der Waals surface area (Å²) >= 11 is 0. The third-order valence-electron chi connectivity index (χ3n) is 5.08. The number of imidazole rings is 1. The van der Waals surface area contributed by atoms with E-state index < -0.39 is 18.1 Å². The quantitative estimate of drug-likeness (QED) is 0.501. The summed E-state index contributed by atoms with van der Waals surface area (Å²) in [5.74, 6) is -0.441. The summed E-state index contributed by atoms with van der Waals surface area (Å²) in [6.45, 7) is 4.11. The molecule has 2 aromatic heterocycles. The van der Waals surface area contributed by atoms with Crippen LogP contribution in [0.5, 0.6) is 0 Å². The second kappa shape index (κ2) is 7.31. The number of nitrogen functional groups attached to an aromatic ring is 1. The first-order valence-corrected chi connectivity index (χ1v) is 9.65. The molecule has 156 valence electrons. The number of ether oxygens (including phenoxy) is 3. The molecular weight excluding hydrogens is 388 g/mol. The Bertz CT molecular complexity index is 1070. The van der Waals surface area contributed by atoms with E-state index in [4.69, 9.17) is 24.8 Å². The Morgan fingerprint density at radius 2 is 1.97 bits per heavy atom. The lowest BCUT2D eigenvalue weighted by atomic mass is 10.1. The van der Waals surface area contributed by atoms with Gasteiger partial charge in [-0.1, -0.05) is 35.5 Å². The summed E-state index contributed by atoms with van der Waals surface area (Å²) in [6, 6.07) is 9.81. The van der Waals surface area contributed by atoms with E-state index in [0.717, 1.165) is 5.56 Å². The summed E-state index contributed by atoms with van der Waals surface area (Å²) in [6.07, 6.45) is 2.92. The molecule has 0 unspecified atom stereocenters. The van der Waals surface area contributed by atoms with Crippen LogP contribution in [0.2, 0.25) is 0 Å². The van der Waals surface area contributed by atoms with Crippen molar-refractivity contribution in [2.75, 3.05) is 5.73 Å². The van der Waals surface area contributed by atoms with Gasteiger partial charge in [-0.15, -0.1) is 0 Å². The molecule has 30 heavy (non-hydrogen) atoms. The van der Waals surface area contributed by atoms with E-state index in [1.165, 1.54) is 6.33 Å². The maximum absolute atomic E-state index is 6.21. The lowest BCUT2D eigenvalue weighted by Crippen LogP contribution is -2.30. The standard InChI is InChI=1S/C20H22N6O4/c1-20(2)29-15-13(8-25-27-9-12-6-4-3-5-7-12)28-19(16(15)30-20)26-11-24-14-17(21)22-10-23-18(14)26/h3-8,10-11,13,15-16,19H,9H2,1-2H3,(H2,21,22,23)/b25-8+/t13-,15-,16-,19-/m1/s1. The number of hydrogen-bond donors (Lipinski definition) is 1. The number of benzene rings is 1. The fraction of sp³-hybridized carbons (Fsp3) is 0.400. The molecule has 0 saturated carbocycles. The topological polar surface area (TPSA) is 119 Å². The molecule has 0 aliphatic carbocycles. The van der Waals surface area contributed by atoms with Crippen molar-refractivity contribution in [2.24, 2.45) is 5.16 Å². The Hall–Kier alpha value is -3.08. The lowest BCUT2D eigenvalue weighted by Gasteiger charge is -2.23. The van der Waals surface area contributed by atoms with Crippen molar-refractivity contribution < 1.29 is 19.0 Å². The first-order chi connectivity index (χ1) is 14.5. The summed E-state index contributed by atoms with van der Waals surface area (Å²) < 4.78 is 20.2. The minimum absolute atomic E-state index is 0.310. The number of nitrogens with two attached hydrogens (primary N) is 1. The van der Waals surface area contributed by atoms with Crippen molar-refractivity contribution in [2.45, 2.75) is 50.8 Å². The molecule has 4 atom stereocenters. The van der Waals surface area contributed by atoms with E-state index >= 15 is 0 Å². The molecule has 0 radical (unpaired) electrons. The van der Waals surface area contributed by atoms with Crippen LogP contribution in [0, 0.1) is 0 Å². The first kappa shape index (κ1) is 18.9. The van der Waals surface area contributed by atoms with Gasteiger partial charge in [0.1, 0.15) is 36.8 Å². The third-order valence-corrected chi connectivity index (χ3v) is 5.08. The fourth-order valence-corrected chi connectivity index (χ4v) is 3.80. The lowest BCUT2D eigenvalue weighted by molar-refractivity contribution is -0.188. The highest BCUT2D eigenvalue weighted by Crippen LogP contribution is 2.43. The van der Waals surface area contributed by atoms with Crippen molar-refractivity contribution in [3.8, 4) is 0 Å². The molecule has 5 rings (SSSR count). The number of rotatable bonds is 5. The van der Waals surface area contributed by atoms with Crippen LogP contribution in [0.15, 0.2) is 48.1 Å². The number of fused-ring (bicyclic) bond motifs is 2. The maximum Gasteiger partial charge on any atom is 0.167 e. The minimum Gasteiger partial charge on any atom is -0.391 e. The van der Waals surface area contributed by atoms with Crippen molar-refractivity contribution >= 4 is 23.2 Å². The zero-order chi connectivity index (χ0) is 20.7.